The normalized spacial score (nSPS) is 14.5. The van der Waals surface area contributed by atoms with Crippen molar-refractivity contribution in [3.63, 3.8) is 0 Å². The molecule has 0 bridgehead atoms. The van der Waals surface area contributed by atoms with E-state index in [0.29, 0.717) is 29.9 Å². The number of carbonyl (C=O) groups is 1. The zero-order valence-corrected chi connectivity index (χ0v) is 16.1. The summed E-state index contributed by atoms with van der Waals surface area (Å²) in [6.07, 6.45) is 0. The van der Waals surface area contributed by atoms with Crippen LogP contribution in [0.3, 0.4) is 0 Å². The molecule has 0 radical (unpaired) electrons. The van der Waals surface area contributed by atoms with Crippen molar-refractivity contribution in [2.24, 2.45) is 0 Å². The molecule has 28 heavy (non-hydrogen) atoms. The van der Waals surface area contributed by atoms with Gasteiger partial charge in [0.15, 0.2) is 5.78 Å². The van der Waals surface area contributed by atoms with Crippen LogP contribution < -0.4 is 20.7 Å². The Morgan fingerprint density at radius 3 is 1.93 bits per heavy atom. The van der Waals surface area contributed by atoms with Crippen LogP contribution in [0.15, 0.2) is 58.1 Å². The van der Waals surface area contributed by atoms with Gasteiger partial charge in [0.2, 0.25) is 10.9 Å². The second-order valence-corrected chi connectivity index (χ2v) is 7.33. The lowest BCUT2D eigenvalue weighted by Crippen LogP contribution is -2.51. The van der Waals surface area contributed by atoms with Gasteiger partial charge in [0.1, 0.15) is 5.69 Å². The lowest BCUT2D eigenvalue weighted by atomic mass is 9.96. The largest absolute Gasteiger partial charge is 0.368 e. The second-order valence-electron chi connectivity index (χ2n) is 7.33. The van der Waals surface area contributed by atoms with Gasteiger partial charge >= 0.3 is 0 Å². The van der Waals surface area contributed by atoms with Crippen molar-refractivity contribution in [2.75, 3.05) is 36.0 Å². The first kappa shape index (κ1) is 18.2. The quantitative estimate of drug-likeness (QED) is 0.519. The summed E-state index contributed by atoms with van der Waals surface area (Å²) in [6.45, 7) is 6.42. The molecule has 1 saturated heterocycles. The SMILES string of the molecule is CC(=O)c1ccc(N2CCN(c3c(-c4ccc(C)cc4)c(=O)c3=O)CC2)cc1. The molecule has 1 aliphatic heterocycles. The van der Waals surface area contributed by atoms with E-state index in [1.807, 2.05) is 60.4 Å². The highest BCUT2D eigenvalue weighted by atomic mass is 16.2. The van der Waals surface area contributed by atoms with Crippen molar-refractivity contribution < 1.29 is 4.79 Å². The summed E-state index contributed by atoms with van der Waals surface area (Å²) in [4.78, 5) is 40.2. The van der Waals surface area contributed by atoms with Crippen LogP contribution >= 0.6 is 0 Å². The second kappa shape index (κ2) is 7.08. The first-order valence-electron chi connectivity index (χ1n) is 9.47. The Hall–Kier alpha value is -3.21. The van der Waals surface area contributed by atoms with Crippen molar-refractivity contribution in [2.45, 2.75) is 13.8 Å². The molecule has 0 aliphatic carbocycles. The molecule has 0 amide bonds. The van der Waals surface area contributed by atoms with Crippen LogP contribution in [0.25, 0.3) is 11.1 Å². The van der Waals surface area contributed by atoms with E-state index in [9.17, 15) is 14.4 Å². The van der Waals surface area contributed by atoms with Crippen LogP contribution in [-0.2, 0) is 0 Å². The molecule has 3 aromatic carbocycles. The molecule has 0 saturated carbocycles. The standard InChI is InChI=1S/C23H22N2O3/c1-15-3-5-18(6-4-15)20-21(23(28)22(20)27)25-13-11-24(12-14-25)19-9-7-17(8-10-19)16(2)26/h3-10H,11-14H2,1-2H3. The number of hydrogen-bond donors (Lipinski definition) is 0. The molecule has 0 unspecified atom stereocenters. The molecule has 0 N–H and O–H groups in total. The van der Waals surface area contributed by atoms with Crippen molar-refractivity contribution in [1.82, 2.24) is 0 Å². The fourth-order valence-corrected chi connectivity index (χ4v) is 3.76. The minimum absolute atomic E-state index is 0.0557. The van der Waals surface area contributed by atoms with E-state index in [4.69, 9.17) is 0 Å². The van der Waals surface area contributed by atoms with E-state index in [1.54, 1.807) is 6.92 Å². The van der Waals surface area contributed by atoms with Gasteiger partial charge in [0.05, 0.1) is 5.56 Å². The summed E-state index contributed by atoms with van der Waals surface area (Å²) in [5, 5.41) is 0. The highest BCUT2D eigenvalue weighted by Gasteiger charge is 2.29. The molecule has 1 fully saturated rings. The fourth-order valence-electron chi connectivity index (χ4n) is 3.76. The number of hydrogen-bond acceptors (Lipinski definition) is 5. The van der Waals surface area contributed by atoms with Crippen LogP contribution in [0, 0.1) is 6.92 Å². The number of rotatable bonds is 4. The molecular weight excluding hydrogens is 352 g/mol. The Kier molecular flexibility index (Phi) is 4.59. The molecule has 0 aromatic heterocycles. The highest BCUT2D eigenvalue weighted by Crippen LogP contribution is 2.28. The van der Waals surface area contributed by atoms with E-state index < -0.39 is 0 Å². The number of nitrogens with zero attached hydrogens (tertiary/aromatic N) is 2. The van der Waals surface area contributed by atoms with Crippen LogP contribution in [-0.4, -0.2) is 32.0 Å². The van der Waals surface area contributed by atoms with Crippen molar-refractivity contribution >= 4 is 17.2 Å². The van der Waals surface area contributed by atoms with Gasteiger partial charge < -0.3 is 9.80 Å². The molecule has 5 nitrogen and oxygen atoms in total. The summed E-state index contributed by atoms with van der Waals surface area (Å²) in [7, 11) is 0. The van der Waals surface area contributed by atoms with Crippen LogP contribution in [0.5, 0.6) is 0 Å². The predicted molar refractivity (Wildman–Crippen MR) is 112 cm³/mol. The Morgan fingerprint density at radius 1 is 0.786 bits per heavy atom. The van der Waals surface area contributed by atoms with Gasteiger partial charge in [-0.25, -0.2) is 0 Å². The maximum absolute atomic E-state index is 12.3. The number of anilines is 2. The first-order chi connectivity index (χ1) is 13.5. The Labute approximate surface area is 163 Å². The summed E-state index contributed by atoms with van der Waals surface area (Å²) >= 11 is 0. The van der Waals surface area contributed by atoms with Gasteiger partial charge in [-0.3, -0.25) is 14.4 Å². The van der Waals surface area contributed by atoms with Gasteiger partial charge in [-0.15, -0.1) is 0 Å². The number of piperazine rings is 1. The molecule has 3 aromatic rings. The molecular formula is C23H22N2O3. The zero-order valence-electron chi connectivity index (χ0n) is 16.1. The molecule has 0 atom stereocenters. The predicted octanol–water partition coefficient (Wildman–Crippen LogP) is 2.79. The third kappa shape index (κ3) is 3.13. The van der Waals surface area contributed by atoms with Crippen molar-refractivity contribution in [1.29, 1.82) is 0 Å². The lowest BCUT2D eigenvalue weighted by Gasteiger charge is -2.38. The van der Waals surface area contributed by atoms with Crippen molar-refractivity contribution in [3.8, 4) is 11.1 Å². The van der Waals surface area contributed by atoms with E-state index in [-0.39, 0.29) is 16.6 Å². The van der Waals surface area contributed by atoms with Gasteiger partial charge in [0.25, 0.3) is 0 Å². The first-order valence-corrected chi connectivity index (χ1v) is 9.47. The molecule has 142 valence electrons. The number of carbonyl (C=O) groups excluding carboxylic acids is 1. The van der Waals surface area contributed by atoms with Gasteiger partial charge in [0, 0.05) is 37.4 Å². The van der Waals surface area contributed by atoms with E-state index in [1.165, 1.54) is 0 Å². The van der Waals surface area contributed by atoms with Crippen LogP contribution in [0.4, 0.5) is 11.4 Å². The molecule has 0 spiro atoms. The number of ketones is 1. The molecule has 1 aliphatic rings. The molecule has 4 rings (SSSR count). The Bertz CT molecular complexity index is 1080. The number of aryl methyl sites for hydroxylation is 1. The van der Waals surface area contributed by atoms with Crippen LogP contribution in [0.2, 0.25) is 0 Å². The average Bonchev–Trinajstić information content (AvgIpc) is 2.72. The summed E-state index contributed by atoms with van der Waals surface area (Å²) in [5.74, 6) is 0.0557. The Morgan fingerprint density at radius 2 is 1.36 bits per heavy atom. The van der Waals surface area contributed by atoms with E-state index >= 15 is 0 Å². The minimum Gasteiger partial charge on any atom is -0.368 e. The zero-order chi connectivity index (χ0) is 19.8. The van der Waals surface area contributed by atoms with Crippen molar-refractivity contribution in [3.05, 3.63) is 80.1 Å². The maximum atomic E-state index is 12.3. The maximum Gasteiger partial charge on any atom is 0.250 e. The Balaban J connectivity index is 1.51. The van der Waals surface area contributed by atoms with Gasteiger partial charge in [-0.1, -0.05) is 29.8 Å². The minimum atomic E-state index is -0.388. The lowest BCUT2D eigenvalue weighted by molar-refractivity contribution is 0.101. The summed E-state index contributed by atoms with van der Waals surface area (Å²) in [6, 6.07) is 15.3. The third-order valence-corrected chi connectivity index (χ3v) is 5.46. The van der Waals surface area contributed by atoms with E-state index in [2.05, 4.69) is 4.90 Å². The molecule has 1 heterocycles. The highest BCUT2D eigenvalue weighted by molar-refractivity contribution is 5.94. The van der Waals surface area contributed by atoms with Gasteiger partial charge in [-0.05, 0) is 43.7 Å². The third-order valence-electron chi connectivity index (χ3n) is 5.46. The average molecular weight is 374 g/mol. The monoisotopic (exact) mass is 374 g/mol. The fraction of sp³-hybridized carbons (Fsp3) is 0.261. The van der Waals surface area contributed by atoms with Gasteiger partial charge in [-0.2, -0.15) is 0 Å². The number of benzene rings is 2. The molecule has 5 heteroatoms. The smallest absolute Gasteiger partial charge is 0.250 e. The number of Topliss-reactive ketones (excluding diaryl/α,β-unsaturated/α-hetero) is 1. The van der Waals surface area contributed by atoms with E-state index in [0.717, 1.165) is 29.9 Å². The summed E-state index contributed by atoms with van der Waals surface area (Å²) in [5.41, 5.74) is 4.03. The summed E-state index contributed by atoms with van der Waals surface area (Å²) < 4.78 is 0. The topological polar surface area (TPSA) is 57.7 Å². The van der Waals surface area contributed by atoms with Crippen LogP contribution in [0.1, 0.15) is 22.8 Å².